The molecule has 0 aliphatic carbocycles. The Morgan fingerprint density at radius 1 is 1.57 bits per heavy atom. The monoisotopic (exact) mass is 210 g/mol. The lowest BCUT2D eigenvalue weighted by molar-refractivity contribution is 0.0691. The van der Waals surface area contributed by atoms with E-state index in [4.69, 9.17) is 16.7 Å². The van der Waals surface area contributed by atoms with Crippen LogP contribution < -0.4 is 0 Å². The lowest BCUT2D eigenvalue weighted by Gasteiger charge is -1.95. The van der Waals surface area contributed by atoms with Crippen molar-refractivity contribution in [2.45, 2.75) is 6.92 Å². The van der Waals surface area contributed by atoms with E-state index in [0.717, 1.165) is 5.56 Å². The van der Waals surface area contributed by atoms with Crippen molar-refractivity contribution < 1.29 is 9.90 Å². The molecule has 2 rings (SSSR count). The van der Waals surface area contributed by atoms with E-state index in [-0.39, 0.29) is 10.8 Å². The molecule has 1 N–H and O–H groups in total. The number of carbonyl (C=O) groups is 1. The van der Waals surface area contributed by atoms with E-state index in [0.29, 0.717) is 5.65 Å². The number of rotatable bonds is 1. The zero-order valence-corrected chi connectivity index (χ0v) is 8.12. The molecular formula is C9H7ClN2O2. The quantitative estimate of drug-likeness (QED) is 0.783. The molecule has 2 aromatic heterocycles. The van der Waals surface area contributed by atoms with Gasteiger partial charge in [-0.2, -0.15) is 0 Å². The summed E-state index contributed by atoms with van der Waals surface area (Å²) in [4.78, 5) is 14.6. The number of aryl methyl sites for hydroxylation is 1. The van der Waals surface area contributed by atoms with Gasteiger partial charge in [-0.15, -0.1) is 0 Å². The van der Waals surface area contributed by atoms with Gasteiger partial charge in [0.2, 0.25) is 0 Å². The van der Waals surface area contributed by atoms with Crippen molar-refractivity contribution in [1.29, 1.82) is 0 Å². The summed E-state index contributed by atoms with van der Waals surface area (Å²) in [5, 5.41) is 8.91. The maximum Gasteiger partial charge on any atom is 0.357 e. The molecule has 4 nitrogen and oxygen atoms in total. The molecule has 0 bridgehead atoms. The van der Waals surface area contributed by atoms with Gasteiger partial charge >= 0.3 is 5.97 Å². The van der Waals surface area contributed by atoms with E-state index in [1.165, 1.54) is 0 Å². The van der Waals surface area contributed by atoms with E-state index < -0.39 is 5.97 Å². The minimum Gasteiger partial charge on any atom is -0.476 e. The van der Waals surface area contributed by atoms with E-state index >= 15 is 0 Å². The molecule has 0 spiro atoms. The second kappa shape index (κ2) is 2.99. The van der Waals surface area contributed by atoms with Crippen molar-refractivity contribution in [2.24, 2.45) is 0 Å². The van der Waals surface area contributed by atoms with Gasteiger partial charge < -0.3 is 5.11 Å². The Morgan fingerprint density at radius 3 is 2.93 bits per heavy atom. The Labute approximate surface area is 84.8 Å². The number of halogens is 1. The Balaban J connectivity index is 2.80. The van der Waals surface area contributed by atoms with Crippen molar-refractivity contribution in [1.82, 2.24) is 9.38 Å². The van der Waals surface area contributed by atoms with Crippen LogP contribution in [0.3, 0.4) is 0 Å². The number of imidazole rings is 1. The van der Waals surface area contributed by atoms with Crippen LogP contribution in [0.5, 0.6) is 0 Å². The molecule has 14 heavy (non-hydrogen) atoms. The molecule has 0 saturated heterocycles. The predicted octanol–water partition coefficient (Wildman–Crippen LogP) is 1.99. The minimum atomic E-state index is -1.11. The van der Waals surface area contributed by atoms with E-state index in [9.17, 15) is 4.79 Å². The highest BCUT2D eigenvalue weighted by Gasteiger charge is 2.15. The van der Waals surface area contributed by atoms with Crippen LogP contribution in [0, 0.1) is 6.92 Å². The molecule has 0 saturated carbocycles. The van der Waals surface area contributed by atoms with Gasteiger partial charge in [0.05, 0.1) is 0 Å². The van der Waals surface area contributed by atoms with E-state index in [2.05, 4.69) is 4.98 Å². The van der Waals surface area contributed by atoms with Crippen molar-refractivity contribution in [3.63, 3.8) is 0 Å². The Hall–Kier alpha value is -1.55. The second-order valence-electron chi connectivity index (χ2n) is 2.99. The van der Waals surface area contributed by atoms with Crippen LogP contribution in [0.25, 0.3) is 5.65 Å². The SMILES string of the molecule is Cc1ccc2nc(C(=O)O)c(Cl)n2c1. The molecule has 0 aliphatic rings. The van der Waals surface area contributed by atoms with Gasteiger partial charge in [-0.1, -0.05) is 17.7 Å². The number of aromatic carboxylic acids is 1. The number of fused-ring (bicyclic) bond motifs is 1. The number of carboxylic acid groups (broad SMARTS) is 1. The third kappa shape index (κ3) is 1.24. The molecule has 0 atom stereocenters. The van der Waals surface area contributed by atoms with Gasteiger partial charge in [0.15, 0.2) is 5.69 Å². The molecule has 0 aromatic carbocycles. The van der Waals surface area contributed by atoms with Crippen LogP contribution in [0.2, 0.25) is 5.15 Å². The van der Waals surface area contributed by atoms with Gasteiger partial charge in [-0.25, -0.2) is 9.78 Å². The number of carboxylic acids is 1. The molecule has 2 heterocycles. The topological polar surface area (TPSA) is 54.6 Å². The molecule has 2 aromatic rings. The Morgan fingerprint density at radius 2 is 2.29 bits per heavy atom. The molecule has 72 valence electrons. The molecule has 0 amide bonds. The summed E-state index contributed by atoms with van der Waals surface area (Å²) < 4.78 is 1.56. The average molecular weight is 211 g/mol. The average Bonchev–Trinajstić information content (AvgIpc) is 2.44. The standard InChI is InChI=1S/C9H7ClN2O2/c1-5-2-3-6-11-7(9(13)14)8(10)12(6)4-5/h2-4H,1H3,(H,13,14). The third-order valence-corrected chi connectivity index (χ3v) is 2.27. The molecule has 0 unspecified atom stereocenters. The summed E-state index contributed by atoms with van der Waals surface area (Å²) in [5.74, 6) is -1.11. The fraction of sp³-hybridized carbons (Fsp3) is 0.111. The van der Waals surface area contributed by atoms with Crippen LogP contribution >= 0.6 is 11.6 Å². The largest absolute Gasteiger partial charge is 0.476 e. The van der Waals surface area contributed by atoms with Gasteiger partial charge in [-0.3, -0.25) is 4.40 Å². The fourth-order valence-corrected chi connectivity index (χ4v) is 1.52. The Kier molecular flexibility index (Phi) is 1.93. The van der Waals surface area contributed by atoms with Crippen LogP contribution in [0.15, 0.2) is 18.3 Å². The van der Waals surface area contributed by atoms with Crippen LogP contribution in [0.1, 0.15) is 16.1 Å². The van der Waals surface area contributed by atoms with Gasteiger partial charge in [0, 0.05) is 6.20 Å². The first-order chi connectivity index (χ1) is 6.59. The zero-order valence-electron chi connectivity index (χ0n) is 7.36. The number of aromatic nitrogens is 2. The van der Waals surface area contributed by atoms with Gasteiger partial charge in [0.25, 0.3) is 0 Å². The smallest absolute Gasteiger partial charge is 0.357 e. The molecule has 0 fully saturated rings. The lowest BCUT2D eigenvalue weighted by atomic mass is 10.3. The summed E-state index contributed by atoms with van der Waals surface area (Å²) in [6.07, 6.45) is 1.75. The molecule has 0 aliphatic heterocycles. The number of pyridine rings is 1. The van der Waals surface area contributed by atoms with Crippen LogP contribution in [-0.2, 0) is 0 Å². The number of hydrogen-bond acceptors (Lipinski definition) is 2. The number of hydrogen-bond donors (Lipinski definition) is 1. The third-order valence-electron chi connectivity index (χ3n) is 1.91. The highest BCUT2D eigenvalue weighted by atomic mass is 35.5. The van der Waals surface area contributed by atoms with Crippen molar-refractivity contribution in [3.05, 3.63) is 34.7 Å². The lowest BCUT2D eigenvalue weighted by Crippen LogP contribution is -1.96. The first-order valence-electron chi connectivity index (χ1n) is 3.97. The first-order valence-corrected chi connectivity index (χ1v) is 4.35. The predicted molar refractivity (Wildman–Crippen MR) is 51.9 cm³/mol. The van der Waals surface area contributed by atoms with E-state index in [1.807, 2.05) is 13.0 Å². The first kappa shape index (κ1) is 9.02. The number of nitrogens with zero attached hydrogens (tertiary/aromatic N) is 2. The van der Waals surface area contributed by atoms with Crippen molar-refractivity contribution in [3.8, 4) is 0 Å². The summed E-state index contributed by atoms with van der Waals surface area (Å²) in [7, 11) is 0. The Bertz CT molecular complexity index is 519. The van der Waals surface area contributed by atoms with Crippen LogP contribution in [0.4, 0.5) is 0 Å². The minimum absolute atomic E-state index is 0.114. The van der Waals surface area contributed by atoms with E-state index in [1.54, 1.807) is 16.7 Å². The molecular weight excluding hydrogens is 204 g/mol. The van der Waals surface area contributed by atoms with Gasteiger partial charge in [-0.05, 0) is 18.6 Å². The summed E-state index contributed by atoms with van der Waals surface area (Å²) in [5.41, 5.74) is 1.42. The summed E-state index contributed by atoms with van der Waals surface area (Å²) >= 11 is 5.84. The highest BCUT2D eigenvalue weighted by molar-refractivity contribution is 6.32. The molecule has 5 heteroatoms. The fourth-order valence-electron chi connectivity index (χ4n) is 1.26. The van der Waals surface area contributed by atoms with Crippen molar-refractivity contribution in [2.75, 3.05) is 0 Å². The summed E-state index contributed by atoms with van der Waals surface area (Å²) in [6, 6.07) is 3.58. The normalized spacial score (nSPS) is 10.7. The van der Waals surface area contributed by atoms with Crippen molar-refractivity contribution >= 4 is 23.2 Å². The maximum absolute atomic E-state index is 10.7. The van der Waals surface area contributed by atoms with Crippen LogP contribution in [-0.4, -0.2) is 20.5 Å². The second-order valence-corrected chi connectivity index (χ2v) is 3.35. The zero-order chi connectivity index (χ0) is 10.3. The molecule has 0 radical (unpaired) electrons. The maximum atomic E-state index is 10.7. The highest BCUT2D eigenvalue weighted by Crippen LogP contribution is 2.18. The summed E-state index contributed by atoms with van der Waals surface area (Å²) in [6.45, 7) is 1.90. The van der Waals surface area contributed by atoms with Gasteiger partial charge in [0.1, 0.15) is 10.8 Å².